The van der Waals surface area contributed by atoms with Gasteiger partial charge in [0.15, 0.2) is 0 Å². The van der Waals surface area contributed by atoms with E-state index in [0.717, 1.165) is 26.1 Å². The molecule has 1 fully saturated rings. The first-order chi connectivity index (χ1) is 8.45. The lowest BCUT2D eigenvalue weighted by molar-refractivity contribution is 0.0174. The van der Waals surface area contributed by atoms with Gasteiger partial charge >= 0.3 is 0 Å². The van der Waals surface area contributed by atoms with Gasteiger partial charge in [0, 0.05) is 43.1 Å². The molecule has 1 N–H and O–H groups in total. The molecule has 1 aliphatic rings. The molecule has 2 heterocycles. The van der Waals surface area contributed by atoms with E-state index < -0.39 is 0 Å². The molecule has 1 unspecified atom stereocenters. The van der Waals surface area contributed by atoms with Crippen molar-refractivity contribution in [3.8, 4) is 0 Å². The average molecular weight is 247 g/mol. The Bertz CT molecular complexity index is 388. The molecular weight excluding hydrogens is 222 g/mol. The summed E-state index contributed by atoms with van der Waals surface area (Å²) < 4.78 is 0. The third kappa shape index (κ3) is 2.90. The number of hydrogen-bond donors (Lipinski definition) is 1. The number of pyridine rings is 1. The van der Waals surface area contributed by atoms with Crippen molar-refractivity contribution in [2.24, 2.45) is 0 Å². The second kappa shape index (κ2) is 4.98. The monoisotopic (exact) mass is 247 g/mol. The highest BCUT2D eigenvalue weighted by Crippen LogP contribution is 2.28. The molecule has 1 aromatic heterocycles. The predicted molar refractivity (Wildman–Crippen MR) is 75.4 cm³/mol. The van der Waals surface area contributed by atoms with E-state index in [4.69, 9.17) is 0 Å². The minimum atomic E-state index is 0.191. The van der Waals surface area contributed by atoms with Crippen molar-refractivity contribution in [2.75, 3.05) is 13.1 Å². The van der Waals surface area contributed by atoms with Gasteiger partial charge in [-0.25, -0.2) is 0 Å². The van der Waals surface area contributed by atoms with Gasteiger partial charge in [-0.1, -0.05) is 13.0 Å². The van der Waals surface area contributed by atoms with E-state index in [0.29, 0.717) is 0 Å². The first-order valence-electron chi connectivity index (χ1n) is 6.84. The van der Waals surface area contributed by atoms with E-state index in [1.807, 2.05) is 18.5 Å². The topological polar surface area (TPSA) is 28.2 Å². The molecule has 1 aliphatic heterocycles. The maximum absolute atomic E-state index is 4.22. The van der Waals surface area contributed by atoms with E-state index in [2.05, 4.69) is 49.0 Å². The average Bonchev–Trinajstić information content (AvgIpc) is 2.35. The molecule has 3 heteroatoms. The summed E-state index contributed by atoms with van der Waals surface area (Å²) in [5.74, 6) is 0. The molecule has 18 heavy (non-hydrogen) atoms. The van der Waals surface area contributed by atoms with Crippen LogP contribution in [0.1, 0.15) is 39.7 Å². The van der Waals surface area contributed by atoms with Crippen molar-refractivity contribution in [1.29, 1.82) is 0 Å². The van der Waals surface area contributed by atoms with Crippen LogP contribution in [-0.4, -0.2) is 34.1 Å². The van der Waals surface area contributed by atoms with Gasteiger partial charge in [-0.2, -0.15) is 0 Å². The Labute approximate surface area is 111 Å². The summed E-state index contributed by atoms with van der Waals surface area (Å²) >= 11 is 0. The number of piperazine rings is 1. The fourth-order valence-corrected chi connectivity index (χ4v) is 2.57. The maximum atomic E-state index is 4.22. The Morgan fingerprint density at radius 2 is 2.17 bits per heavy atom. The molecule has 100 valence electrons. The Morgan fingerprint density at radius 3 is 2.78 bits per heavy atom. The summed E-state index contributed by atoms with van der Waals surface area (Å²) in [6, 6.07) is 4.18. The minimum absolute atomic E-state index is 0.191. The van der Waals surface area contributed by atoms with E-state index >= 15 is 0 Å². The summed E-state index contributed by atoms with van der Waals surface area (Å²) in [5.41, 5.74) is 1.73. The van der Waals surface area contributed by atoms with E-state index in [9.17, 15) is 0 Å². The number of hydrogen-bond acceptors (Lipinski definition) is 3. The quantitative estimate of drug-likeness (QED) is 0.889. The van der Waals surface area contributed by atoms with Crippen LogP contribution in [0.5, 0.6) is 0 Å². The van der Waals surface area contributed by atoms with E-state index in [1.165, 1.54) is 5.56 Å². The van der Waals surface area contributed by atoms with Crippen molar-refractivity contribution in [3.05, 3.63) is 30.1 Å². The van der Waals surface area contributed by atoms with Crippen LogP contribution in [0.4, 0.5) is 0 Å². The van der Waals surface area contributed by atoms with Crippen LogP contribution in [0, 0.1) is 0 Å². The van der Waals surface area contributed by atoms with Crippen LogP contribution >= 0.6 is 0 Å². The fraction of sp³-hybridized carbons (Fsp3) is 0.667. The second-order valence-electron chi connectivity index (χ2n) is 6.31. The fourth-order valence-electron chi connectivity index (χ4n) is 2.57. The highest BCUT2D eigenvalue weighted by atomic mass is 15.3. The minimum Gasteiger partial charge on any atom is -0.309 e. The smallest absolute Gasteiger partial charge is 0.0312 e. The highest BCUT2D eigenvalue weighted by Gasteiger charge is 2.39. The zero-order chi connectivity index (χ0) is 13.2. The van der Waals surface area contributed by atoms with Gasteiger partial charge in [-0.3, -0.25) is 9.88 Å². The molecule has 0 spiro atoms. The van der Waals surface area contributed by atoms with Gasteiger partial charge < -0.3 is 5.32 Å². The summed E-state index contributed by atoms with van der Waals surface area (Å²) in [6.07, 6.45) is 4.98. The first kappa shape index (κ1) is 13.5. The SMILES string of the molecule is CCC1(C)CNC(C)(C)CN1Cc1cccnc1. The summed E-state index contributed by atoms with van der Waals surface area (Å²) in [4.78, 5) is 6.82. The number of rotatable bonds is 3. The highest BCUT2D eigenvalue weighted by molar-refractivity contribution is 5.11. The lowest BCUT2D eigenvalue weighted by Gasteiger charge is -2.51. The molecule has 0 radical (unpaired) electrons. The van der Waals surface area contributed by atoms with Gasteiger partial charge in [0.1, 0.15) is 0 Å². The molecule has 0 amide bonds. The second-order valence-corrected chi connectivity index (χ2v) is 6.31. The van der Waals surface area contributed by atoms with Crippen molar-refractivity contribution in [1.82, 2.24) is 15.2 Å². The molecule has 0 bridgehead atoms. The third-order valence-corrected chi connectivity index (χ3v) is 4.16. The molecule has 0 saturated carbocycles. The molecular formula is C15H25N3. The number of nitrogens with one attached hydrogen (secondary N) is 1. The van der Waals surface area contributed by atoms with Crippen LogP contribution in [0.15, 0.2) is 24.5 Å². The summed E-state index contributed by atoms with van der Waals surface area (Å²) in [7, 11) is 0. The first-order valence-corrected chi connectivity index (χ1v) is 6.84. The van der Waals surface area contributed by atoms with Crippen LogP contribution in [0.2, 0.25) is 0 Å². The lowest BCUT2D eigenvalue weighted by Crippen LogP contribution is -2.66. The standard InChI is InChI=1S/C15H25N3/c1-5-15(4)11-17-14(2,3)12-18(15)10-13-7-6-8-16-9-13/h6-9,17H,5,10-12H2,1-4H3. The van der Waals surface area contributed by atoms with Crippen LogP contribution in [-0.2, 0) is 6.54 Å². The number of nitrogens with zero attached hydrogens (tertiary/aromatic N) is 2. The molecule has 2 rings (SSSR count). The van der Waals surface area contributed by atoms with Crippen LogP contribution < -0.4 is 5.32 Å². The van der Waals surface area contributed by atoms with Gasteiger partial charge in [-0.15, -0.1) is 0 Å². The Balaban J connectivity index is 2.16. The van der Waals surface area contributed by atoms with Crippen molar-refractivity contribution >= 4 is 0 Å². The summed E-state index contributed by atoms with van der Waals surface area (Å²) in [6.45, 7) is 12.3. The molecule has 1 atom stereocenters. The molecule has 1 saturated heterocycles. The van der Waals surface area contributed by atoms with Gasteiger partial charge in [0.05, 0.1) is 0 Å². The molecule has 1 aromatic rings. The van der Waals surface area contributed by atoms with Crippen LogP contribution in [0.3, 0.4) is 0 Å². The van der Waals surface area contributed by atoms with E-state index in [1.54, 1.807) is 0 Å². The van der Waals surface area contributed by atoms with Gasteiger partial charge in [-0.05, 0) is 38.8 Å². The molecule has 0 aliphatic carbocycles. The summed E-state index contributed by atoms with van der Waals surface area (Å²) in [5, 5.41) is 3.66. The molecule has 0 aromatic carbocycles. The molecule has 3 nitrogen and oxygen atoms in total. The van der Waals surface area contributed by atoms with Gasteiger partial charge in [0.2, 0.25) is 0 Å². The largest absolute Gasteiger partial charge is 0.309 e. The Hall–Kier alpha value is -0.930. The van der Waals surface area contributed by atoms with Crippen molar-refractivity contribution in [2.45, 2.75) is 51.7 Å². The van der Waals surface area contributed by atoms with Crippen molar-refractivity contribution < 1.29 is 0 Å². The van der Waals surface area contributed by atoms with Gasteiger partial charge in [0.25, 0.3) is 0 Å². The van der Waals surface area contributed by atoms with Crippen LogP contribution in [0.25, 0.3) is 0 Å². The van der Waals surface area contributed by atoms with E-state index in [-0.39, 0.29) is 11.1 Å². The van der Waals surface area contributed by atoms with Crippen molar-refractivity contribution in [3.63, 3.8) is 0 Å². The Kier molecular flexibility index (Phi) is 3.74. The lowest BCUT2D eigenvalue weighted by atomic mass is 9.87. The third-order valence-electron chi connectivity index (χ3n) is 4.16. The zero-order valence-corrected chi connectivity index (χ0v) is 12.0. The maximum Gasteiger partial charge on any atom is 0.0312 e. The number of aromatic nitrogens is 1. The Morgan fingerprint density at radius 1 is 1.39 bits per heavy atom. The normalized spacial score (nSPS) is 28.2. The predicted octanol–water partition coefficient (Wildman–Crippen LogP) is 2.43. The zero-order valence-electron chi connectivity index (χ0n) is 12.0.